The molecule has 19 heavy (non-hydrogen) atoms. The molecule has 1 aromatic carbocycles. The van der Waals surface area contributed by atoms with Crippen LogP contribution in [0.3, 0.4) is 0 Å². The first-order valence-corrected chi connectivity index (χ1v) is 5.61. The van der Waals surface area contributed by atoms with Gasteiger partial charge in [0, 0.05) is 20.3 Å². The Labute approximate surface area is 109 Å². The molecule has 2 amide bonds. The van der Waals surface area contributed by atoms with Crippen molar-refractivity contribution in [2.24, 2.45) is 0 Å². The first-order valence-electron chi connectivity index (χ1n) is 5.61. The van der Waals surface area contributed by atoms with Gasteiger partial charge in [-0.05, 0) is 24.6 Å². The van der Waals surface area contributed by atoms with Crippen molar-refractivity contribution in [1.82, 2.24) is 5.32 Å². The summed E-state index contributed by atoms with van der Waals surface area (Å²) >= 11 is 0. The Bertz CT molecular complexity index is 465. The smallest absolute Gasteiger partial charge is 0.335 e. The molecule has 0 heterocycles. The average Bonchev–Trinajstić information content (AvgIpc) is 2.37. The molecule has 0 fully saturated rings. The fraction of sp³-hybridized carbons (Fsp3) is 0.333. The maximum absolute atomic E-state index is 13.5. The van der Waals surface area contributed by atoms with Crippen LogP contribution in [0.15, 0.2) is 18.2 Å². The van der Waals surface area contributed by atoms with Crippen LogP contribution in [-0.4, -0.2) is 37.4 Å². The van der Waals surface area contributed by atoms with Gasteiger partial charge in [-0.2, -0.15) is 0 Å². The molecule has 7 heteroatoms. The third-order valence-electron chi connectivity index (χ3n) is 2.28. The van der Waals surface area contributed by atoms with Gasteiger partial charge in [0.15, 0.2) is 0 Å². The molecule has 0 aliphatic carbocycles. The number of halogens is 1. The number of amides is 2. The number of ether oxygens (including phenoxy) is 1. The second kappa shape index (κ2) is 7.32. The maximum atomic E-state index is 13.5. The minimum absolute atomic E-state index is 0.0748. The fourth-order valence-electron chi connectivity index (χ4n) is 1.33. The largest absolute Gasteiger partial charge is 0.478 e. The molecule has 0 unspecified atom stereocenters. The van der Waals surface area contributed by atoms with Gasteiger partial charge in [0.25, 0.3) is 0 Å². The molecule has 0 saturated heterocycles. The molecular formula is C12H15FN2O4. The predicted octanol–water partition coefficient (Wildman–Crippen LogP) is 1.68. The number of anilines is 1. The molecule has 3 N–H and O–H groups in total. The molecule has 0 bridgehead atoms. The van der Waals surface area contributed by atoms with Gasteiger partial charge in [-0.25, -0.2) is 14.0 Å². The summed E-state index contributed by atoms with van der Waals surface area (Å²) in [4.78, 5) is 22.0. The van der Waals surface area contributed by atoms with E-state index in [0.29, 0.717) is 19.6 Å². The summed E-state index contributed by atoms with van der Waals surface area (Å²) in [5, 5.41) is 13.5. The molecule has 0 aliphatic rings. The monoisotopic (exact) mass is 270 g/mol. The quantitative estimate of drug-likeness (QED) is 0.686. The Kier molecular flexibility index (Phi) is 5.74. The molecule has 0 saturated carbocycles. The Hall–Kier alpha value is -2.15. The van der Waals surface area contributed by atoms with Gasteiger partial charge in [-0.1, -0.05) is 0 Å². The number of methoxy groups -OCH3 is 1. The second-order valence-corrected chi connectivity index (χ2v) is 3.73. The van der Waals surface area contributed by atoms with Crippen LogP contribution in [0.4, 0.5) is 14.9 Å². The number of carbonyl (C=O) groups excluding carboxylic acids is 1. The number of hydrogen-bond donors (Lipinski definition) is 3. The van der Waals surface area contributed by atoms with Crippen molar-refractivity contribution in [2.75, 3.05) is 25.6 Å². The highest BCUT2D eigenvalue weighted by atomic mass is 19.1. The third-order valence-corrected chi connectivity index (χ3v) is 2.28. The van der Waals surface area contributed by atoms with E-state index in [0.717, 1.165) is 6.07 Å². The summed E-state index contributed by atoms with van der Waals surface area (Å²) in [5.74, 6) is -2.03. The lowest BCUT2D eigenvalue weighted by atomic mass is 10.2. The van der Waals surface area contributed by atoms with E-state index >= 15 is 0 Å². The minimum atomic E-state index is -1.23. The Morgan fingerprint density at radius 2 is 2.16 bits per heavy atom. The number of rotatable bonds is 6. The number of urea groups is 1. The lowest BCUT2D eigenvalue weighted by Crippen LogP contribution is -2.30. The number of carboxylic acids is 1. The van der Waals surface area contributed by atoms with E-state index in [1.807, 2.05) is 0 Å². The van der Waals surface area contributed by atoms with Crippen LogP contribution >= 0.6 is 0 Å². The highest BCUT2D eigenvalue weighted by Crippen LogP contribution is 2.15. The van der Waals surface area contributed by atoms with Crippen LogP contribution in [0.5, 0.6) is 0 Å². The maximum Gasteiger partial charge on any atom is 0.335 e. The van der Waals surface area contributed by atoms with Gasteiger partial charge in [0.1, 0.15) is 5.82 Å². The summed E-state index contributed by atoms with van der Waals surface area (Å²) in [6.45, 7) is 0.913. The molecule has 0 aliphatic heterocycles. The number of hydrogen-bond acceptors (Lipinski definition) is 3. The molecule has 0 atom stereocenters. The lowest BCUT2D eigenvalue weighted by Gasteiger charge is -2.08. The van der Waals surface area contributed by atoms with Crippen LogP contribution in [0.25, 0.3) is 0 Å². The zero-order valence-electron chi connectivity index (χ0n) is 10.4. The summed E-state index contributed by atoms with van der Waals surface area (Å²) in [5.41, 5.74) is -0.252. The first-order chi connectivity index (χ1) is 9.04. The molecule has 104 valence electrons. The standard InChI is InChI=1S/C12H15FN2O4/c1-19-6-2-5-14-12(18)15-10-4-3-8(11(16)17)7-9(10)13/h3-4,7H,2,5-6H2,1H3,(H,16,17)(H2,14,15,18). The number of carboxylic acid groups (broad SMARTS) is 1. The van der Waals surface area contributed by atoms with E-state index in [9.17, 15) is 14.0 Å². The van der Waals surface area contributed by atoms with E-state index < -0.39 is 17.8 Å². The number of carbonyl (C=O) groups is 2. The van der Waals surface area contributed by atoms with E-state index in [1.54, 1.807) is 7.11 Å². The Morgan fingerprint density at radius 1 is 1.42 bits per heavy atom. The first kappa shape index (κ1) is 14.9. The molecular weight excluding hydrogens is 255 g/mol. The van der Waals surface area contributed by atoms with Crippen molar-refractivity contribution in [3.05, 3.63) is 29.6 Å². The molecule has 0 aromatic heterocycles. The third kappa shape index (κ3) is 4.92. The molecule has 1 rings (SSSR count). The van der Waals surface area contributed by atoms with Crippen molar-refractivity contribution >= 4 is 17.7 Å². The van der Waals surface area contributed by atoms with Crippen LogP contribution in [0.1, 0.15) is 16.8 Å². The minimum Gasteiger partial charge on any atom is -0.478 e. The topological polar surface area (TPSA) is 87.7 Å². The predicted molar refractivity (Wildman–Crippen MR) is 66.9 cm³/mol. The highest BCUT2D eigenvalue weighted by Gasteiger charge is 2.10. The van der Waals surface area contributed by atoms with Gasteiger partial charge in [-0.3, -0.25) is 0 Å². The molecule has 0 radical (unpaired) electrons. The summed E-state index contributed by atoms with van der Waals surface area (Å²) in [7, 11) is 1.56. The van der Waals surface area contributed by atoms with Gasteiger partial charge in [0.05, 0.1) is 11.3 Å². The zero-order chi connectivity index (χ0) is 14.3. The van der Waals surface area contributed by atoms with Crippen LogP contribution in [0.2, 0.25) is 0 Å². The SMILES string of the molecule is COCCCNC(=O)Nc1ccc(C(=O)O)cc1F. The molecule has 0 spiro atoms. The van der Waals surface area contributed by atoms with E-state index in [2.05, 4.69) is 10.6 Å². The normalized spacial score (nSPS) is 10.0. The lowest BCUT2D eigenvalue weighted by molar-refractivity contribution is 0.0696. The second-order valence-electron chi connectivity index (χ2n) is 3.73. The van der Waals surface area contributed by atoms with E-state index in [4.69, 9.17) is 9.84 Å². The molecule has 6 nitrogen and oxygen atoms in total. The highest BCUT2D eigenvalue weighted by molar-refractivity contribution is 5.91. The summed E-state index contributed by atoms with van der Waals surface area (Å²) in [6, 6.07) is 2.71. The van der Waals surface area contributed by atoms with Crippen molar-refractivity contribution in [2.45, 2.75) is 6.42 Å². The van der Waals surface area contributed by atoms with Gasteiger partial charge in [-0.15, -0.1) is 0 Å². The summed E-state index contributed by atoms with van der Waals surface area (Å²) < 4.78 is 18.3. The van der Waals surface area contributed by atoms with E-state index in [1.165, 1.54) is 12.1 Å². The van der Waals surface area contributed by atoms with Crippen LogP contribution in [-0.2, 0) is 4.74 Å². The Morgan fingerprint density at radius 3 is 2.74 bits per heavy atom. The van der Waals surface area contributed by atoms with Crippen LogP contribution < -0.4 is 10.6 Å². The van der Waals surface area contributed by atoms with Gasteiger partial charge in [0.2, 0.25) is 0 Å². The number of nitrogens with one attached hydrogen (secondary N) is 2. The number of benzene rings is 1. The van der Waals surface area contributed by atoms with Gasteiger partial charge < -0.3 is 20.5 Å². The van der Waals surface area contributed by atoms with Crippen molar-refractivity contribution in [3.63, 3.8) is 0 Å². The number of aromatic carboxylic acids is 1. The van der Waals surface area contributed by atoms with Crippen molar-refractivity contribution < 1.29 is 23.8 Å². The van der Waals surface area contributed by atoms with Gasteiger partial charge >= 0.3 is 12.0 Å². The zero-order valence-corrected chi connectivity index (χ0v) is 10.4. The summed E-state index contributed by atoms with van der Waals surface area (Å²) in [6.07, 6.45) is 0.643. The Balaban J connectivity index is 2.52. The fourth-order valence-corrected chi connectivity index (χ4v) is 1.33. The van der Waals surface area contributed by atoms with E-state index in [-0.39, 0.29) is 11.3 Å². The van der Waals surface area contributed by atoms with Crippen molar-refractivity contribution in [1.29, 1.82) is 0 Å². The molecule has 1 aromatic rings. The van der Waals surface area contributed by atoms with Crippen molar-refractivity contribution in [3.8, 4) is 0 Å². The average molecular weight is 270 g/mol. The van der Waals surface area contributed by atoms with Crippen LogP contribution in [0, 0.1) is 5.82 Å².